The number of aryl methyl sites for hydroxylation is 1. The highest BCUT2D eigenvalue weighted by molar-refractivity contribution is 7.12. The fourth-order valence-electron chi connectivity index (χ4n) is 2.35. The van der Waals surface area contributed by atoms with Crippen LogP contribution in [0.2, 0.25) is 0 Å². The Balaban J connectivity index is 1.93. The van der Waals surface area contributed by atoms with Crippen molar-refractivity contribution in [2.75, 3.05) is 7.11 Å². The van der Waals surface area contributed by atoms with Crippen LogP contribution in [0.25, 0.3) is 0 Å². The summed E-state index contributed by atoms with van der Waals surface area (Å²) in [6, 6.07) is 9.71. The lowest BCUT2D eigenvalue weighted by atomic mass is 9.98. The molecule has 1 aliphatic heterocycles. The summed E-state index contributed by atoms with van der Waals surface area (Å²) in [7, 11) is 1.63. The summed E-state index contributed by atoms with van der Waals surface area (Å²) in [6.45, 7) is 2.07. The van der Waals surface area contributed by atoms with Crippen molar-refractivity contribution < 1.29 is 14.6 Å². The summed E-state index contributed by atoms with van der Waals surface area (Å²) >= 11 is 1.71. The maximum Gasteiger partial charge on any atom is 0.136 e. The van der Waals surface area contributed by atoms with Crippen LogP contribution in [0.5, 0.6) is 11.5 Å². The van der Waals surface area contributed by atoms with Crippen molar-refractivity contribution in [3.63, 3.8) is 0 Å². The number of hydrogen-bond donors (Lipinski definition) is 1. The van der Waals surface area contributed by atoms with Crippen molar-refractivity contribution >= 4 is 11.3 Å². The summed E-state index contributed by atoms with van der Waals surface area (Å²) < 4.78 is 11.2. The van der Waals surface area contributed by atoms with E-state index in [4.69, 9.17) is 9.47 Å². The minimum atomic E-state index is -0.484. The zero-order chi connectivity index (χ0) is 13.4. The van der Waals surface area contributed by atoms with Crippen LogP contribution in [0.4, 0.5) is 0 Å². The Bertz CT molecular complexity index is 591. The first-order chi connectivity index (χ1) is 9.17. The molecule has 100 valence electrons. The first-order valence-corrected chi connectivity index (χ1v) is 7.08. The molecule has 1 aromatic carbocycles. The van der Waals surface area contributed by atoms with E-state index in [0.717, 1.165) is 16.2 Å². The van der Waals surface area contributed by atoms with Gasteiger partial charge in [-0.05, 0) is 31.2 Å². The van der Waals surface area contributed by atoms with Crippen LogP contribution in [0.3, 0.4) is 0 Å². The largest absolute Gasteiger partial charge is 0.497 e. The van der Waals surface area contributed by atoms with Crippen LogP contribution in [-0.2, 0) is 0 Å². The fourth-order valence-corrected chi connectivity index (χ4v) is 3.27. The van der Waals surface area contributed by atoms with Crippen LogP contribution in [0.15, 0.2) is 30.3 Å². The van der Waals surface area contributed by atoms with Gasteiger partial charge in [0.25, 0.3) is 0 Å². The molecule has 3 nitrogen and oxygen atoms in total. The van der Waals surface area contributed by atoms with Crippen molar-refractivity contribution in [1.82, 2.24) is 0 Å². The molecule has 2 heterocycles. The third-order valence-corrected chi connectivity index (χ3v) is 4.46. The van der Waals surface area contributed by atoms with Gasteiger partial charge < -0.3 is 14.6 Å². The Morgan fingerprint density at radius 2 is 2.16 bits per heavy atom. The molecule has 0 saturated carbocycles. The number of methoxy groups -OCH3 is 1. The van der Waals surface area contributed by atoms with Crippen LogP contribution < -0.4 is 9.47 Å². The number of hydrogen-bond acceptors (Lipinski definition) is 4. The van der Waals surface area contributed by atoms with E-state index in [2.05, 4.69) is 19.1 Å². The molecular formula is C15H16O3S. The van der Waals surface area contributed by atoms with Crippen molar-refractivity contribution in [1.29, 1.82) is 0 Å². The highest BCUT2D eigenvalue weighted by Crippen LogP contribution is 2.43. The van der Waals surface area contributed by atoms with Gasteiger partial charge in [-0.3, -0.25) is 0 Å². The topological polar surface area (TPSA) is 38.7 Å². The second kappa shape index (κ2) is 4.87. The number of aliphatic hydroxyl groups excluding tert-OH is 1. The van der Waals surface area contributed by atoms with Crippen LogP contribution >= 0.6 is 11.3 Å². The summed E-state index contributed by atoms with van der Waals surface area (Å²) in [6.07, 6.45) is 0.0367. The highest BCUT2D eigenvalue weighted by Gasteiger charge is 2.29. The molecule has 2 aromatic rings. The zero-order valence-electron chi connectivity index (χ0n) is 10.9. The summed E-state index contributed by atoms with van der Waals surface area (Å²) in [5.41, 5.74) is 0.838. The number of rotatable bonds is 2. The van der Waals surface area contributed by atoms with Gasteiger partial charge in [0, 0.05) is 27.8 Å². The van der Waals surface area contributed by atoms with Gasteiger partial charge in [0.1, 0.15) is 17.6 Å². The summed E-state index contributed by atoms with van der Waals surface area (Å²) in [4.78, 5) is 2.41. The van der Waals surface area contributed by atoms with E-state index in [0.29, 0.717) is 12.2 Å². The number of benzene rings is 1. The normalized spacial score (nSPS) is 21.6. The lowest BCUT2D eigenvalue weighted by molar-refractivity contribution is 0.0672. The molecule has 1 aromatic heterocycles. The van der Waals surface area contributed by atoms with Crippen LogP contribution in [0, 0.1) is 6.92 Å². The lowest BCUT2D eigenvalue weighted by Crippen LogP contribution is -2.18. The average molecular weight is 276 g/mol. The Labute approximate surface area is 116 Å². The monoisotopic (exact) mass is 276 g/mol. The molecule has 2 atom stereocenters. The quantitative estimate of drug-likeness (QED) is 0.910. The van der Waals surface area contributed by atoms with E-state index >= 15 is 0 Å². The molecule has 0 aliphatic carbocycles. The van der Waals surface area contributed by atoms with Gasteiger partial charge in [-0.15, -0.1) is 11.3 Å². The molecular weight excluding hydrogens is 260 g/mol. The number of ether oxygens (including phenoxy) is 2. The minimum Gasteiger partial charge on any atom is -0.497 e. The maximum absolute atomic E-state index is 10.2. The molecule has 2 unspecified atom stereocenters. The SMILES string of the molecule is COc1ccc2c(c1)OC(c1ccc(C)s1)CC2O. The van der Waals surface area contributed by atoms with Gasteiger partial charge in [0.2, 0.25) is 0 Å². The summed E-state index contributed by atoms with van der Waals surface area (Å²) in [5, 5.41) is 10.2. The van der Waals surface area contributed by atoms with Gasteiger partial charge in [0.05, 0.1) is 13.2 Å². The van der Waals surface area contributed by atoms with Gasteiger partial charge in [-0.1, -0.05) is 0 Å². The Kier molecular flexibility index (Phi) is 3.21. The molecule has 1 aliphatic rings. The molecule has 0 radical (unpaired) electrons. The number of thiophene rings is 1. The number of aliphatic hydroxyl groups is 1. The van der Waals surface area contributed by atoms with E-state index in [1.54, 1.807) is 18.4 Å². The third-order valence-electron chi connectivity index (χ3n) is 3.36. The predicted octanol–water partition coefficient (Wildman–Crippen LogP) is 3.62. The maximum atomic E-state index is 10.2. The van der Waals surface area contributed by atoms with Gasteiger partial charge >= 0.3 is 0 Å². The zero-order valence-corrected chi connectivity index (χ0v) is 11.7. The highest BCUT2D eigenvalue weighted by atomic mass is 32.1. The minimum absolute atomic E-state index is 0.0756. The fraction of sp³-hybridized carbons (Fsp3) is 0.333. The summed E-state index contributed by atoms with van der Waals surface area (Å²) in [5.74, 6) is 1.46. The molecule has 0 amide bonds. The van der Waals surface area contributed by atoms with Crippen molar-refractivity contribution in [2.45, 2.75) is 25.6 Å². The third kappa shape index (κ3) is 2.33. The Morgan fingerprint density at radius 1 is 1.32 bits per heavy atom. The second-order valence-corrected chi connectivity index (χ2v) is 6.03. The molecule has 19 heavy (non-hydrogen) atoms. The van der Waals surface area contributed by atoms with E-state index in [1.165, 1.54) is 4.88 Å². The molecule has 4 heteroatoms. The molecule has 1 N–H and O–H groups in total. The van der Waals surface area contributed by atoms with Gasteiger partial charge in [-0.25, -0.2) is 0 Å². The first-order valence-electron chi connectivity index (χ1n) is 6.26. The van der Waals surface area contributed by atoms with Gasteiger partial charge in [0.15, 0.2) is 0 Å². The predicted molar refractivity (Wildman–Crippen MR) is 75.0 cm³/mol. The van der Waals surface area contributed by atoms with Crippen molar-refractivity contribution in [2.24, 2.45) is 0 Å². The lowest BCUT2D eigenvalue weighted by Gasteiger charge is -2.29. The van der Waals surface area contributed by atoms with E-state index in [9.17, 15) is 5.11 Å². The molecule has 0 fully saturated rings. The average Bonchev–Trinajstić information content (AvgIpc) is 2.84. The molecule has 0 saturated heterocycles. The van der Waals surface area contributed by atoms with Crippen LogP contribution in [-0.4, -0.2) is 12.2 Å². The van der Waals surface area contributed by atoms with E-state index in [-0.39, 0.29) is 6.10 Å². The first kappa shape index (κ1) is 12.5. The standard InChI is InChI=1S/C15H16O3S/c1-9-3-6-15(19-9)14-8-12(16)11-5-4-10(17-2)7-13(11)18-14/h3-7,12,14,16H,8H2,1-2H3. The second-order valence-electron chi connectivity index (χ2n) is 4.71. The van der Waals surface area contributed by atoms with Crippen LogP contribution in [0.1, 0.15) is 33.9 Å². The van der Waals surface area contributed by atoms with Crippen molar-refractivity contribution in [3.05, 3.63) is 45.6 Å². The molecule has 0 bridgehead atoms. The smallest absolute Gasteiger partial charge is 0.136 e. The van der Waals surface area contributed by atoms with Gasteiger partial charge in [-0.2, -0.15) is 0 Å². The van der Waals surface area contributed by atoms with E-state index < -0.39 is 6.10 Å². The van der Waals surface area contributed by atoms with E-state index in [1.807, 2.05) is 18.2 Å². The Morgan fingerprint density at radius 3 is 2.84 bits per heavy atom. The molecule has 3 rings (SSSR count). The number of fused-ring (bicyclic) bond motifs is 1. The van der Waals surface area contributed by atoms with Crippen molar-refractivity contribution in [3.8, 4) is 11.5 Å². The Hall–Kier alpha value is -1.52. The molecule has 0 spiro atoms.